The lowest BCUT2D eigenvalue weighted by atomic mass is 10.2. The fraction of sp³-hybridized carbons (Fsp3) is 0.375. The molecule has 0 aromatic rings. The molecule has 0 unspecified atom stereocenters. The first kappa shape index (κ1) is 13.3. The number of nitrogens with one attached hydrogen (secondary N) is 1. The van der Waals surface area contributed by atoms with Crippen molar-refractivity contribution in [3.05, 3.63) is 11.6 Å². The van der Waals surface area contributed by atoms with Crippen LogP contribution in [0.3, 0.4) is 0 Å². The van der Waals surface area contributed by atoms with Crippen LogP contribution in [0.5, 0.6) is 0 Å². The summed E-state index contributed by atoms with van der Waals surface area (Å²) in [6.07, 6.45) is -3.90. The fourth-order valence-corrected chi connectivity index (χ4v) is 0.604. The van der Waals surface area contributed by atoms with Crippen LogP contribution in [0.4, 0.5) is 13.2 Å². The zero-order valence-electron chi connectivity index (χ0n) is 8.05. The van der Waals surface area contributed by atoms with Crippen LogP contribution in [0, 0.1) is 0 Å². The molecule has 0 aliphatic heterocycles. The number of allylic oxidation sites excluding steroid dienone is 2. The predicted molar refractivity (Wildman–Crippen MR) is 47.1 cm³/mol. The van der Waals surface area contributed by atoms with Gasteiger partial charge >= 0.3 is 6.18 Å². The van der Waals surface area contributed by atoms with E-state index in [9.17, 15) is 22.8 Å². The first-order valence-electron chi connectivity index (χ1n) is 3.82. The summed E-state index contributed by atoms with van der Waals surface area (Å²) in [4.78, 5) is 20.8. The van der Waals surface area contributed by atoms with E-state index >= 15 is 0 Å². The van der Waals surface area contributed by atoms with Crippen molar-refractivity contribution in [2.24, 2.45) is 5.10 Å². The topological polar surface area (TPSA) is 58.5 Å². The van der Waals surface area contributed by atoms with Crippen molar-refractivity contribution < 1.29 is 22.8 Å². The largest absolute Gasteiger partial charge is 0.418 e. The van der Waals surface area contributed by atoms with E-state index in [2.05, 4.69) is 5.10 Å². The molecule has 0 bridgehead atoms. The SMILES string of the molecule is CC(=O)C=C(C=NNC(C)=O)C(F)(F)F. The number of amides is 1. The molecule has 84 valence electrons. The van der Waals surface area contributed by atoms with Crippen molar-refractivity contribution in [2.75, 3.05) is 0 Å². The Balaban J connectivity index is 4.76. The highest BCUT2D eigenvalue weighted by atomic mass is 19.4. The summed E-state index contributed by atoms with van der Waals surface area (Å²) in [6, 6.07) is 0. The Morgan fingerprint density at radius 2 is 1.80 bits per heavy atom. The van der Waals surface area contributed by atoms with Crippen LogP contribution in [0.2, 0.25) is 0 Å². The van der Waals surface area contributed by atoms with E-state index in [1.54, 1.807) is 5.43 Å². The number of rotatable bonds is 3. The first-order valence-corrected chi connectivity index (χ1v) is 3.82. The Bertz CT molecular complexity index is 318. The molecule has 0 saturated carbocycles. The van der Waals surface area contributed by atoms with E-state index < -0.39 is 23.4 Å². The lowest BCUT2D eigenvalue weighted by molar-refractivity contribution is -0.119. The van der Waals surface area contributed by atoms with Gasteiger partial charge in [-0.15, -0.1) is 0 Å². The highest BCUT2D eigenvalue weighted by Crippen LogP contribution is 2.23. The van der Waals surface area contributed by atoms with E-state index in [0.717, 1.165) is 13.8 Å². The number of ketones is 1. The third-order valence-electron chi connectivity index (χ3n) is 1.11. The minimum atomic E-state index is -4.67. The number of halogens is 3. The van der Waals surface area contributed by atoms with Crippen molar-refractivity contribution in [1.29, 1.82) is 0 Å². The predicted octanol–water partition coefficient (Wildman–Crippen LogP) is 1.19. The Kier molecular flexibility index (Phi) is 4.69. The molecule has 0 aliphatic rings. The summed E-state index contributed by atoms with van der Waals surface area (Å²) in [5.41, 5.74) is 0.581. The van der Waals surface area contributed by atoms with E-state index in [0.29, 0.717) is 12.3 Å². The van der Waals surface area contributed by atoms with Gasteiger partial charge in [0.05, 0.1) is 11.8 Å². The normalized spacial score (nSPS) is 13.0. The Morgan fingerprint density at radius 1 is 1.27 bits per heavy atom. The summed E-state index contributed by atoms with van der Waals surface area (Å²) < 4.78 is 36.5. The van der Waals surface area contributed by atoms with Crippen LogP contribution in [0.1, 0.15) is 13.8 Å². The molecule has 0 rings (SSSR count). The summed E-state index contributed by atoms with van der Waals surface area (Å²) in [5.74, 6) is -1.35. The second kappa shape index (κ2) is 5.28. The van der Waals surface area contributed by atoms with Gasteiger partial charge in [0.1, 0.15) is 0 Å². The van der Waals surface area contributed by atoms with Gasteiger partial charge in [-0.3, -0.25) is 9.59 Å². The molecule has 0 saturated heterocycles. The maximum Gasteiger partial charge on any atom is 0.418 e. The van der Waals surface area contributed by atoms with E-state index in [1.165, 1.54) is 0 Å². The summed E-state index contributed by atoms with van der Waals surface area (Å²) in [5, 5.41) is 3.03. The molecule has 15 heavy (non-hydrogen) atoms. The Hall–Kier alpha value is -1.66. The smallest absolute Gasteiger partial charge is 0.295 e. The summed E-state index contributed by atoms with van der Waals surface area (Å²) >= 11 is 0. The molecule has 0 aliphatic carbocycles. The van der Waals surface area contributed by atoms with Crippen LogP contribution >= 0.6 is 0 Å². The number of nitrogens with zero attached hydrogens (tertiary/aromatic N) is 1. The third-order valence-corrected chi connectivity index (χ3v) is 1.11. The second-order valence-corrected chi connectivity index (χ2v) is 2.63. The quantitative estimate of drug-likeness (QED) is 0.443. The fourth-order valence-electron chi connectivity index (χ4n) is 0.604. The lowest BCUT2D eigenvalue weighted by Crippen LogP contribution is -2.18. The highest BCUT2D eigenvalue weighted by Gasteiger charge is 2.32. The van der Waals surface area contributed by atoms with Crippen LogP contribution in [0.25, 0.3) is 0 Å². The second-order valence-electron chi connectivity index (χ2n) is 2.63. The molecule has 1 N–H and O–H groups in total. The van der Waals surface area contributed by atoms with E-state index in [4.69, 9.17) is 0 Å². The van der Waals surface area contributed by atoms with Gasteiger partial charge in [0.25, 0.3) is 0 Å². The molecule has 0 aromatic carbocycles. The number of alkyl halides is 3. The van der Waals surface area contributed by atoms with Crippen molar-refractivity contribution in [2.45, 2.75) is 20.0 Å². The van der Waals surface area contributed by atoms with Crippen molar-refractivity contribution in [3.8, 4) is 0 Å². The molecule has 0 fully saturated rings. The molecule has 0 radical (unpaired) electrons. The maximum atomic E-state index is 12.2. The van der Waals surface area contributed by atoms with Crippen LogP contribution in [-0.2, 0) is 9.59 Å². The number of carbonyl (C=O) groups is 2. The molecule has 0 atom stereocenters. The van der Waals surface area contributed by atoms with Crippen LogP contribution < -0.4 is 5.43 Å². The van der Waals surface area contributed by atoms with Gasteiger partial charge < -0.3 is 0 Å². The van der Waals surface area contributed by atoms with E-state index in [-0.39, 0.29) is 0 Å². The molecule has 7 heteroatoms. The molecule has 4 nitrogen and oxygen atoms in total. The molecule has 0 aromatic heterocycles. The van der Waals surface area contributed by atoms with E-state index in [1.807, 2.05) is 0 Å². The van der Waals surface area contributed by atoms with Crippen LogP contribution in [-0.4, -0.2) is 24.1 Å². The Morgan fingerprint density at radius 3 is 2.13 bits per heavy atom. The zero-order valence-corrected chi connectivity index (χ0v) is 8.05. The summed E-state index contributed by atoms with van der Waals surface area (Å²) in [6.45, 7) is 2.08. The molecule has 0 heterocycles. The van der Waals surface area contributed by atoms with Gasteiger partial charge in [-0.2, -0.15) is 18.3 Å². The minimum Gasteiger partial charge on any atom is -0.295 e. The first-order chi connectivity index (χ1) is 6.73. The van der Waals surface area contributed by atoms with Gasteiger partial charge in [0, 0.05) is 6.92 Å². The van der Waals surface area contributed by atoms with Gasteiger partial charge in [0.15, 0.2) is 5.78 Å². The van der Waals surface area contributed by atoms with Gasteiger partial charge in [0.2, 0.25) is 5.91 Å². The number of hydrazone groups is 1. The Labute approximate surface area is 83.8 Å². The maximum absolute atomic E-state index is 12.2. The van der Waals surface area contributed by atoms with Crippen molar-refractivity contribution in [1.82, 2.24) is 5.43 Å². The number of hydrogen-bond donors (Lipinski definition) is 1. The molecular weight excluding hydrogens is 213 g/mol. The van der Waals surface area contributed by atoms with Crippen molar-refractivity contribution >= 4 is 17.9 Å². The van der Waals surface area contributed by atoms with Gasteiger partial charge in [-0.05, 0) is 13.0 Å². The standard InChI is InChI=1S/C8H9F3N2O2/c1-5(14)3-7(8(9,10)11)4-12-13-6(2)15/h3-4H,1-2H3,(H,13,15). The highest BCUT2D eigenvalue weighted by molar-refractivity contribution is 5.95. The average molecular weight is 222 g/mol. The number of hydrogen-bond acceptors (Lipinski definition) is 3. The molecule has 0 spiro atoms. The monoisotopic (exact) mass is 222 g/mol. The summed E-state index contributed by atoms with van der Waals surface area (Å²) in [7, 11) is 0. The zero-order chi connectivity index (χ0) is 12.1. The van der Waals surface area contributed by atoms with Crippen molar-refractivity contribution in [3.63, 3.8) is 0 Å². The molecular formula is C8H9F3N2O2. The van der Waals surface area contributed by atoms with Gasteiger partial charge in [-0.25, -0.2) is 5.43 Å². The third kappa shape index (κ3) is 6.42. The minimum absolute atomic E-state index is 0.378. The van der Waals surface area contributed by atoms with Gasteiger partial charge in [-0.1, -0.05) is 0 Å². The lowest BCUT2D eigenvalue weighted by Gasteiger charge is -2.05. The number of carbonyl (C=O) groups excluding carboxylic acids is 2. The average Bonchev–Trinajstić information content (AvgIpc) is 1.99. The molecule has 1 amide bonds. The van der Waals surface area contributed by atoms with Crippen LogP contribution in [0.15, 0.2) is 16.8 Å².